The van der Waals surface area contributed by atoms with E-state index >= 15 is 0 Å². The van der Waals surface area contributed by atoms with Gasteiger partial charge in [-0.15, -0.1) is 0 Å². The maximum Gasteiger partial charge on any atom is 0.389 e. The fourth-order valence-corrected chi connectivity index (χ4v) is 2.13. The van der Waals surface area contributed by atoms with E-state index in [1.807, 2.05) is 6.92 Å². The number of rotatable bonds is 7. The molecule has 0 saturated carbocycles. The van der Waals surface area contributed by atoms with Crippen LogP contribution in [0.4, 0.5) is 13.2 Å². The summed E-state index contributed by atoms with van der Waals surface area (Å²) in [5, 5.41) is 9.12. The smallest absolute Gasteiger partial charge is 0.389 e. The van der Waals surface area contributed by atoms with E-state index in [4.69, 9.17) is 5.11 Å². The SMILES string of the molecule is CCN(C(C)CCCC(F)(F)F)C(C)(C)C(=O)O. The Morgan fingerprint density at radius 1 is 1.33 bits per heavy atom. The molecular weight excluding hydrogens is 247 g/mol. The van der Waals surface area contributed by atoms with Crippen molar-refractivity contribution in [3.8, 4) is 0 Å². The first-order valence-corrected chi connectivity index (χ1v) is 6.09. The summed E-state index contributed by atoms with van der Waals surface area (Å²) in [5.41, 5.74) is -1.06. The molecule has 0 fully saturated rings. The molecule has 3 nitrogen and oxygen atoms in total. The van der Waals surface area contributed by atoms with E-state index in [-0.39, 0.29) is 12.5 Å². The summed E-state index contributed by atoms with van der Waals surface area (Å²) in [6, 6.07) is -0.191. The molecule has 1 unspecified atom stereocenters. The molecule has 6 heteroatoms. The van der Waals surface area contributed by atoms with Gasteiger partial charge >= 0.3 is 12.1 Å². The van der Waals surface area contributed by atoms with Crippen LogP contribution >= 0.6 is 0 Å². The average molecular weight is 269 g/mol. The summed E-state index contributed by atoms with van der Waals surface area (Å²) in [4.78, 5) is 12.9. The number of hydrogen-bond acceptors (Lipinski definition) is 2. The number of carboxylic acid groups (broad SMARTS) is 1. The van der Waals surface area contributed by atoms with E-state index in [0.717, 1.165) is 0 Å². The molecule has 1 N–H and O–H groups in total. The fraction of sp³-hybridized carbons (Fsp3) is 0.917. The molecule has 0 spiro atoms. The number of halogens is 3. The largest absolute Gasteiger partial charge is 0.480 e. The van der Waals surface area contributed by atoms with Gasteiger partial charge in [-0.25, -0.2) is 0 Å². The molecule has 0 rings (SSSR count). The van der Waals surface area contributed by atoms with Crippen molar-refractivity contribution >= 4 is 5.97 Å². The lowest BCUT2D eigenvalue weighted by Crippen LogP contribution is -2.53. The molecule has 0 amide bonds. The molecule has 0 saturated heterocycles. The van der Waals surface area contributed by atoms with Gasteiger partial charge in [0.25, 0.3) is 0 Å². The van der Waals surface area contributed by atoms with Crippen LogP contribution in [0.3, 0.4) is 0 Å². The number of alkyl halides is 3. The molecule has 0 radical (unpaired) electrons. The van der Waals surface area contributed by atoms with Gasteiger partial charge in [0.05, 0.1) is 0 Å². The zero-order chi connectivity index (χ0) is 14.6. The van der Waals surface area contributed by atoms with Gasteiger partial charge in [0.15, 0.2) is 0 Å². The normalized spacial score (nSPS) is 14.9. The molecule has 0 aliphatic carbocycles. The van der Waals surface area contributed by atoms with Crippen molar-refractivity contribution in [1.29, 1.82) is 0 Å². The van der Waals surface area contributed by atoms with Gasteiger partial charge in [-0.1, -0.05) is 6.92 Å². The quantitative estimate of drug-likeness (QED) is 0.771. The van der Waals surface area contributed by atoms with E-state index in [9.17, 15) is 18.0 Å². The van der Waals surface area contributed by atoms with Crippen molar-refractivity contribution in [3.05, 3.63) is 0 Å². The third-order valence-corrected chi connectivity index (χ3v) is 3.20. The van der Waals surface area contributed by atoms with E-state index in [1.54, 1.807) is 25.7 Å². The molecule has 0 aromatic rings. The van der Waals surface area contributed by atoms with Crippen LogP contribution in [0.15, 0.2) is 0 Å². The van der Waals surface area contributed by atoms with Crippen LogP contribution in [-0.4, -0.2) is 40.3 Å². The predicted molar refractivity (Wildman–Crippen MR) is 63.5 cm³/mol. The molecule has 18 heavy (non-hydrogen) atoms. The number of nitrogens with zero attached hydrogens (tertiary/aromatic N) is 1. The number of carbonyl (C=O) groups is 1. The second kappa shape index (κ2) is 6.41. The molecule has 0 aromatic heterocycles. The van der Waals surface area contributed by atoms with Crippen LogP contribution < -0.4 is 0 Å². The predicted octanol–water partition coefficient (Wildman–Crippen LogP) is 3.29. The monoisotopic (exact) mass is 269 g/mol. The Morgan fingerprint density at radius 2 is 1.83 bits per heavy atom. The summed E-state index contributed by atoms with van der Waals surface area (Å²) >= 11 is 0. The number of carboxylic acids is 1. The number of hydrogen-bond donors (Lipinski definition) is 1. The zero-order valence-electron chi connectivity index (χ0n) is 11.3. The molecule has 0 aromatic carbocycles. The minimum absolute atomic E-state index is 0.0247. The third-order valence-electron chi connectivity index (χ3n) is 3.20. The van der Waals surface area contributed by atoms with Crippen molar-refractivity contribution in [1.82, 2.24) is 4.90 Å². The first-order valence-electron chi connectivity index (χ1n) is 6.09. The van der Waals surface area contributed by atoms with Gasteiger partial charge in [0.1, 0.15) is 5.54 Å². The molecule has 108 valence electrons. The lowest BCUT2D eigenvalue weighted by Gasteiger charge is -2.39. The molecule has 0 heterocycles. The zero-order valence-corrected chi connectivity index (χ0v) is 11.3. The van der Waals surface area contributed by atoms with Gasteiger partial charge in [-0.05, 0) is 40.2 Å². The van der Waals surface area contributed by atoms with Crippen LogP contribution in [0, 0.1) is 0 Å². The van der Waals surface area contributed by atoms with E-state index < -0.39 is 24.1 Å². The van der Waals surface area contributed by atoms with E-state index in [2.05, 4.69) is 0 Å². The highest BCUT2D eigenvalue weighted by Gasteiger charge is 2.36. The summed E-state index contributed by atoms with van der Waals surface area (Å²) in [5.74, 6) is -0.966. The highest BCUT2D eigenvalue weighted by molar-refractivity contribution is 5.77. The van der Waals surface area contributed by atoms with Gasteiger partial charge in [0.2, 0.25) is 0 Å². The topological polar surface area (TPSA) is 40.5 Å². The van der Waals surface area contributed by atoms with Crippen molar-refractivity contribution in [3.63, 3.8) is 0 Å². The summed E-state index contributed by atoms with van der Waals surface area (Å²) in [6.45, 7) is 7.21. The average Bonchev–Trinajstić information content (AvgIpc) is 2.15. The standard InChI is InChI=1S/C12H22F3NO2/c1-5-16(11(3,4)10(17)18)9(2)7-6-8-12(13,14)15/h9H,5-8H2,1-4H3,(H,17,18). The van der Waals surface area contributed by atoms with Crippen molar-refractivity contribution in [2.45, 2.75) is 64.7 Å². The molecule has 0 bridgehead atoms. The minimum atomic E-state index is -4.14. The van der Waals surface area contributed by atoms with Gasteiger partial charge < -0.3 is 5.11 Å². The maximum absolute atomic E-state index is 12.0. The van der Waals surface area contributed by atoms with Crippen molar-refractivity contribution < 1.29 is 23.1 Å². The van der Waals surface area contributed by atoms with Crippen LogP contribution in [0.25, 0.3) is 0 Å². The van der Waals surface area contributed by atoms with Gasteiger partial charge in [-0.3, -0.25) is 9.69 Å². The molecule has 1 atom stereocenters. The molecule has 0 aliphatic rings. The Balaban J connectivity index is 4.45. The second-order valence-electron chi connectivity index (χ2n) is 5.01. The van der Waals surface area contributed by atoms with E-state index in [1.165, 1.54) is 0 Å². The first-order chi connectivity index (χ1) is 8.02. The van der Waals surface area contributed by atoms with Crippen LogP contribution in [0.5, 0.6) is 0 Å². The van der Waals surface area contributed by atoms with Crippen molar-refractivity contribution in [2.24, 2.45) is 0 Å². The second-order valence-corrected chi connectivity index (χ2v) is 5.01. The van der Waals surface area contributed by atoms with Crippen LogP contribution in [0.1, 0.15) is 47.0 Å². The summed E-state index contributed by atoms with van der Waals surface area (Å²) in [7, 11) is 0. The minimum Gasteiger partial charge on any atom is -0.480 e. The van der Waals surface area contributed by atoms with Crippen LogP contribution in [0.2, 0.25) is 0 Å². The first kappa shape index (κ1) is 17.2. The van der Waals surface area contributed by atoms with Gasteiger partial charge in [-0.2, -0.15) is 13.2 Å². The Kier molecular flexibility index (Phi) is 6.13. The fourth-order valence-electron chi connectivity index (χ4n) is 2.13. The lowest BCUT2D eigenvalue weighted by atomic mass is 9.98. The maximum atomic E-state index is 12.0. The lowest BCUT2D eigenvalue weighted by molar-refractivity contribution is -0.151. The third kappa shape index (κ3) is 5.25. The van der Waals surface area contributed by atoms with E-state index in [0.29, 0.717) is 13.0 Å². The van der Waals surface area contributed by atoms with Crippen molar-refractivity contribution in [2.75, 3.05) is 6.54 Å². The summed E-state index contributed by atoms with van der Waals surface area (Å²) in [6.07, 6.45) is -4.59. The summed E-state index contributed by atoms with van der Waals surface area (Å²) < 4.78 is 36.1. The highest BCUT2D eigenvalue weighted by Crippen LogP contribution is 2.25. The van der Waals surface area contributed by atoms with Gasteiger partial charge in [0, 0.05) is 12.5 Å². The number of likely N-dealkylation sites (N-methyl/N-ethyl adjacent to an activating group) is 1. The van der Waals surface area contributed by atoms with Crippen LogP contribution in [-0.2, 0) is 4.79 Å². The molecular formula is C12H22F3NO2. The Labute approximate surface area is 106 Å². The Morgan fingerprint density at radius 3 is 2.17 bits per heavy atom. The Bertz CT molecular complexity index is 277. The highest BCUT2D eigenvalue weighted by atomic mass is 19.4. The Hall–Kier alpha value is -0.780. The number of aliphatic carboxylic acids is 1. The molecule has 0 aliphatic heterocycles.